The number of carbonyl (C=O) groups is 4. The molecule has 0 unspecified atom stereocenters. The second-order valence-electron chi connectivity index (χ2n) is 5.20. The van der Waals surface area contributed by atoms with Crippen LogP contribution >= 0.6 is 34.8 Å². The van der Waals surface area contributed by atoms with Gasteiger partial charge in [-0.05, 0) is 82.3 Å². The third-order valence-electron chi connectivity index (χ3n) is 2.87. The molecule has 32 heavy (non-hydrogen) atoms. The van der Waals surface area contributed by atoms with E-state index in [-0.39, 0.29) is 0 Å². The molecule has 5 nitrogen and oxygen atoms in total. The molecule has 2 aromatic carbocycles. The number of carboxylic acid groups (broad SMARTS) is 1. The molecule has 170 valence electrons. The van der Waals surface area contributed by atoms with E-state index in [2.05, 4.69) is 23.2 Å². The average Bonchev–Trinajstić information content (AvgIpc) is 2.70. The Kier molecular flexibility index (Phi) is 13.5. The summed E-state index contributed by atoms with van der Waals surface area (Å²) in [5.74, 6) is -4.96. The van der Waals surface area contributed by atoms with Crippen molar-refractivity contribution in [2.75, 3.05) is 0 Å². The highest BCUT2D eigenvalue weighted by Gasteiger charge is 2.02. The maximum Gasteiger partial charge on any atom is 0.328 e. The quantitative estimate of drug-likeness (QED) is 0.253. The molecule has 2 aromatic rings. The van der Waals surface area contributed by atoms with Gasteiger partial charge in [0.25, 0.3) is 0 Å². The van der Waals surface area contributed by atoms with Crippen LogP contribution in [0.25, 0.3) is 12.2 Å². The molecular weight excluding hydrogens is 503 g/mol. The van der Waals surface area contributed by atoms with E-state index in [9.17, 15) is 36.7 Å². The van der Waals surface area contributed by atoms with Gasteiger partial charge in [0, 0.05) is 6.08 Å². The summed E-state index contributed by atoms with van der Waals surface area (Å²) >= 11 is 14.0. The van der Waals surface area contributed by atoms with E-state index >= 15 is 0 Å². The van der Waals surface area contributed by atoms with Crippen LogP contribution in [0.4, 0.5) is 17.6 Å². The predicted octanol–water partition coefficient (Wildman–Crippen LogP) is 5.32. The van der Waals surface area contributed by atoms with Gasteiger partial charge in [-0.1, -0.05) is 18.2 Å². The molecule has 0 aromatic heterocycles. The Morgan fingerprint density at radius 1 is 0.656 bits per heavy atom. The monoisotopic (exact) mass is 512 g/mol. The van der Waals surface area contributed by atoms with Crippen LogP contribution in [0, 0.1) is 23.3 Å². The molecular formula is C20H11Cl3F4O5. The van der Waals surface area contributed by atoms with Gasteiger partial charge in [-0.3, -0.25) is 14.4 Å². The fourth-order valence-corrected chi connectivity index (χ4v) is 1.62. The molecule has 0 bridgehead atoms. The summed E-state index contributed by atoms with van der Waals surface area (Å²) in [6, 6.07) is 6.46. The molecule has 0 fully saturated rings. The third-order valence-corrected chi connectivity index (χ3v) is 3.43. The van der Waals surface area contributed by atoms with Gasteiger partial charge >= 0.3 is 16.5 Å². The third kappa shape index (κ3) is 13.3. The number of hydrogen-bond donors (Lipinski definition) is 1. The summed E-state index contributed by atoms with van der Waals surface area (Å²) in [6.45, 7) is 0. The lowest BCUT2D eigenvalue weighted by molar-refractivity contribution is -0.131. The van der Waals surface area contributed by atoms with E-state index in [0.29, 0.717) is 11.1 Å². The van der Waals surface area contributed by atoms with Gasteiger partial charge in [-0.15, -0.1) is 0 Å². The molecule has 0 aliphatic heterocycles. The molecule has 0 amide bonds. The fourth-order valence-electron chi connectivity index (χ4n) is 1.56. The number of carbonyl (C=O) groups excluding carboxylic acids is 3. The molecule has 2 rings (SSSR count). The normalized spacial score (nSPS) is 10.1. The van der Waals surface area contributed by atoms with Crippen molar-refractivity contribution in [3.05, 3.63) is 82.9 Å². The van der Waals surface area contributed by atoms with E-state index < -0.39 is 45.0 Å². The van der Waals surface area contributed by atoms with Crippen LogP contribution in [0.15, 0.2) is 48.6 Å². The lowest BCUT2D eigenvalue weighted by atomic mass is 10.2. The Morgan fingerprint density at radius 2 is 1.03 bits per heavy atom. The first-order chi connectivity index (χ1) is 14.8. The Morgan fingerprint density at radius 3 is 1.31 bits per heavy atom. The van der Waals surface area contributed by atoms with Gasteiger partial charge in [0.15, 0.2) is 23.3 Å². The van der Waals surface area contributed by atoms with Crippen molar-refractivity contribution in [2.24, 2.45) is 0 Å². The first-order valence-corrected chi connectivity index (χ1v) is 9.04. The predicted molar refractivity (Wildman–Crippen MR) is 111 cm³/mol. The lowest BCUT2D eigenvalue weighted by Crippen LogP contribution is -1.94. The average molecular weight is 514 g/mol. The summed E-state index contributed by atoms with van der Waals surface area (Å²) < 4.78 is 49.9. The summed E-state index contributed by atoms with van der Waals surface area (Å²) in [6.07, 6.45) is 4.41. The van der Waals surface area contributed by atoms with Crippen molar-refractivity contribution >= 4 is 68.7 Å². The smallest absolute Gasteiger partial charge is 0.328 e. The zero-order chi connectivity index (χ0) is 24.8. The second-order valence-corrected chi connectivity index (χ2v) is 6.26. The standard InChI is InChI=1S/C9H5ClF2O.C9H6F2O2.C2Cl2O2/c10-9(13)4-2-6-1-3-7(11)8(12)5-6;10-7-3-1-6(5-8(7)11)2-4-9(12)13;3-1(5)2(4)6/h1-5H;1-5H,(H,12,13);/b2*4-2+;. The fraction of sp³-hybridized carbons (Fsp3) is 0. The Hall–Kier alpha value is -3.01. The first-order valence-electron chi connectivity index (χ1n) is 7.91. The van der Waals surface area contributed by atoms with Gasteiger partial charge in [0.05, 0.1) is 0 Å². The van der Waals surface area contributed by atoms with Crippen LogP contribution in [0.5, 0.6) is 0 Å². The van der Waals surface area contributed by atoms with Crippen LogP contribution in [0.2, 0.25) is 0 Å². The molecule has 1 N–H and O–H groups in total. The number of allylic oxidation sites excluding steroid dienone is 1. The maximum absolute atomic E-state index is 12.6. The van der Waals surface area contributed by atoms with Crippen molar-refractivity contribution in [3.63, 3.8) is 0 Å². The Bertz CT molecular complexity index is 972. The van der Waals surface area contributed by atoms with E-state index in [0.717, 1.165) is 36.4 Å². The molecule has 0 atom stereocenters. The molecule has 0 aliphatic carbocycles. The highest BCUT2D eigenvalue weighted by atomic mass is 35.5. The van der Waals surface area contributed by atoms with Crippen LogP contribution in [0.3, 0.4) is 0 Å². The molecule has 12 heteroatoms. The van der Waals surface area contributed by atoms with Crippen molar-refractivity contribution in [3.8, 4) is 0 Å². The zero-order valence-electron chi connectivity index (χ0n) is 15.5. The SMILES string of the molecule is O=C(Cl)/C=C/c1ccc(F)c(F)c1.O=C(Cl)C(=O)Cl.O=C(O)/C=C/c1ccc(F)c(F)c1. The van der Waals surface area contributed by atoms with Gasteiger partial charge in [-0.2, -0.15) is 0 Å². The van der Waals surface area contributed by atoms with E-state index in [4.69, 9.17) is 16.7 Å². The number of rotatable bonds is 5. The van der Waals surface area contributed by atoms with Gasteiger partial charge in [-0.25, -0.2) is 22.4 Å². The molecule has 0 heterocycles. The Labute approximate surface area is 193 Å². The summed E-state index contributed by atoms with van der Waals surface area (Å²) in [5, 5.41) is 5.30. The van der Waals surface area contributed by atoms with Crippen LogP contribution in [-0.2, 0) is 19.2 Å². The lowest BCUT2D eigenvalue weighted by Gasteiger charge is -1.94. The number of hydrogen-bond acceptors (Lipinski definition) is 4. The van der Waals surface area contributed by atoms with Crippen molar-refractivity contribution in [1.82, 2.24) is 0 Å². The van der Waals surface area contributed by atoms with E-state index in [1.54, 1.807) is 0 Å². The number of halogens is 7. The molecule has 0 saturated heterocycles. The summed E-state index contributed by atoms with van der Waals surface area (Å²) in [7, 11) is 0. The number of carboxylic acids is 1. The Balaban J connectivity index is 0.000000484. The minimum absolute atomic E-state index is 0.307. The molecule has 0 spiro atoms. The molecule has 0 saturated carbocycles. The molecule has 0 radical (unpaired) electrons. The molecule has 0 aliphatic rings. The number of aliphatic carboxylic acids is 1. The van der Waals surface area contributed by atoms with Gasteiger partial charge < -0.3 is 5.11 Å². The van der Waals surface area contributed by atoms with Gasteiger partial charge in [0.2, 0.25) is 5.24 Å². The van der Waals surface area contributed by atoms with Crippen molar-refractivity contribution in [1.29, 1.82) is 0 Å². The number of benzene rings is 2. The zero-order valence-corrected chi connectivity index (χ0v) is 17.8. The van der Waals surface area contributed by atoms with Crippen LogP contribution in [-0.4, -0.2) is 26.8 Å². The van der Waals surface area contributed by atoms with Crippen molar-refractivity contribution in [2.45, 2.75) is 0 Å². The maximum atomic E-state index is 12.6. The minimum Gasteiger partial charge on any atom is -0.478 e. The van der Waals surface area contributed by atoms with E-state index in [1.807, 2.05) is 0 Å². The van der Waals surface area contributed by atoms with Crippen molar-refractivity contribution < 1.29 is 41.8 Å². The highest BCUT2D eigenvalue weighted by molar-refractivity contribution is 6.97. The second kappa shape index (κ2) is 14.9. The topological polar surface area (TPSA) is 88.5 Å². The van der Waals surface area contributed by atoms with Crippen LogP contribution in [0.1, 0.15) is 11.1 Å². The first kappa shape index (κ1) is 29.0. The van der Waals surface area contributed by atoms with Gasteiger partial charge in [0.1, 0.15) is 0 Å². The van der Waals surface area contributed by atoms with Crippen LogP contribution < -0.4 is 0 Å². The van der Waals surface area contributed by atoms with E-state index in [1.165, 1.54) is 24.3 Å². The summed E-state index contributed by atoms with van der Waals surface area (Å²) in [5.41, 5.74) is 0.689. The summed E-state index contributed by atoms with van der Waals surface area (Å²) in [4.78, 5) is 39.2. The minimum atomic E-state index is -1.14. The largest absolute Gasteiger partial charge is 0.478 e. The highest BCUT2D eigenvalue weighted by Crippen LogP contribution is 2.10.